The van der Waals surface area contributed by atoms with E-state index in [9.17, 15) is 8.42 Å². The Labute approximate surface area is 127 Å². The first-order valence-electron chi connectivity index (χ1n) is 7.49. The van der Waals surface area contributed by atoms with Gasteiger partial charge in [-0.15, -0.1) is 0 Å². The molecule has 0 heterocycles. The smallest absolute Gasteiger partial charge is 0.178 e. The van der Waals surface area contributed by atoms with Crippen molar-refractivity contribution in [1.82, 2.24) is 0 Å². The maximum absolute atomic E-state index is 12.0. The van der Waals surface area contributed by atoms with E-state index in [-0.39, 0.29) is 5.75 Å². The first kappa shape index (κ1) is 15.8. The molecule has 21 heavy (non-hydrogen) atoms. The van der Waals surface area contributed by atoms with Gasteiger partial charge in [0.25, 0.3) is 0 Å². The van der Waals surface area contributed by atoms with Crippen LogP contribution in [-0.2, 0) is 16.3 Å². The van der Waals surface area contributed by atoms with Crippen LogP contribution in [0.5, 0.6) is 0 Å². The Bertz CT molecular complexity index is 668. The highest BCUT2D eigenvalue weighted by Gasteiger charge is 2.12. The molecule has 0 saturated heterocycles. The zero-order chi connectivity index (χ0) is 15.3. The largest absolute Gasteiger partial charge is 0.224 e. The van der Waals surface area contributed by atoms with Gasteiger partial charge in [0.2, 0.25) is 0 Å². The van der Waals surface area contributed by atoms with Crippen LogP contribution >= 0.6 is 0 Å². The first-order chi connectivity index (χ1) is 10.1. The molecular formula is C18H22O2S. The number of benzene rings is 2. The standard InChI is InChI=1S/C18H22O2S/c1-3-5-15-6-8-16(9-7-15)17-10-12-18(13-11-17)21(19,20)14-4-2/h6-13H,3-5,14H2,1-2H3. The molecule has 0 amide bonds. The van der Waals surface area contributed by atoms with E-state index in [2.05, 4.69) is 31.2 Å². The van der Waals surface area contributed by atoms with Gasteiger partial charge in [-0.05, 0) is 41.7 Å². The second-order valence-corrected chi connectivity index (χ2v) is 7.40. The molecule has 0 bridgehead atoms. The van der Waals surface area contributed by atoms with Gasteiger partial charge in [-0.2, -0.15) is 0 Å². The van der Waals surface area contributed by atoms with Crippen molar-refractivity contribution in [1.29, 1.82) is 0 Å². The summed E-state index contributed by atoms with van der Waals surface area (Å²) in [5.74, 6) is 0.206. The zero-order valence-electron chi connectivity index (χ0n) is 12.7. The van der Waals surface area contributed by atoms with Gasteiger partial charge in [-0.1, -0.05) is 56.7 Å². The molecule has 112 valence electrons. The van der Waals surface area contributed by atoms with Gasteiger partial charge in [-0.25, -0.2) is 8.42 Å². The first-order valence-corrected chi connectivity index (χ1v) is 9.14. The lowest BCUT2D eigenvalue weighted by Crippen LogP contribution is -2.05. The second kappa shape index (κ2) is 6.90. The molecule has 2 rings (SSSR count). The van der Waals surface area contributed by atoms with Crippen LogP contribution in [0.4, 0.5) is 0 Å². The molecule has 0 unspecified atom stereocenters. The third kappa shape index (κ3) is 3.94. The summed E-state index contributed by atoms with van der Waals surface area (Å²) < 4.78 is 24.0. The molecule has 0 aliphatic heterocycles. The van der Waals surface area contributed by atoms with Crippen LogP contribution in [0.3, 0.4) is 0 Å². The Morgan fingerprint density at radius 3 is 1.76 bits per heavy atom. The van der Waals surface area contributed by atoms with Crippen molar-refractivity contribution in [2.24, 2.45) is 0 Å². The topological polar surface area (TPSA) is 34.1 Å². The Hall–Kier alpha value is -1.61. The van der Waals surface area contributed by atoms with Crippen LogP contribution in [0.15, 0.2) is 53.4 Å². The Balaban J connectivity index is 2.22. The minimum absolute atomic E-state index is 0.206. The van der Waals surface area contributed by atoms with Crippen molar-refractivity contribution >= 4 is 9.84 Å². The maximum atomic E-state index is 12.0. The molecule has 0 aromatic heterocycles. The van der Waals surface area contributed by atoms with Crippen LogP contribution < -0.4 is 0 Å². The van der Waals surface area contributed by atoms with Gasteiger partial charge in [0.15, 0.2) is 9.84 Å². The molecule has 2 nitrogen and oxygen atoms in total. The molecule has 0 N–H and O–H groups in total. The SMILES string of the molecule is CCCc1ccc(-c2ccc(S(=O)(=O)CCC)cc2)cc1. The molecule has 0 radical (unpaired) electrons. The summed E-state index contributed by atoms with van der Waals surface area (Å²) in [5, 5.41) is 0. The fourth-order valence-corrected chi connectivity index (χ4v) is 3.72. The molecule has 2 aromatic carbocycles. The van der Waals surface area contributed by atoms with Gasteiger partial charge >= 0.3 is 0 Å². The van der Waals surface area contributed by atoms with Gasteiger partial charge in [0.05, 0.1) is 10.6 Å². The van der Waals surface area contributed by atoms with Gasteiger partial charge < -0.3 is 0 Å². The molecule has 0 fully saturated rings. The predicted octanol–water partition coefficient (Wildman–Crippen LogP) is 4.49. The highest BCUT2D eigenvalue weighted by molar-refractivity contribution is 7.91. The summed E-state index contributed by atoms with van der Waals surface area (Å²) in [6.07, 6.45) is 2.88. The van der Waals surface area contributed by atoms with E-state index in [1.165, 1.54) is 5.56 Å². The number of rotatable bonds is 6. The van der Waals surface area contributed by atoms with Crippen LogP contribution in [0, 0.1) is 0 Å². The van der Waals surface area contributed by atoms with Crippen molar-refractivity contribution in [3.8, 4) is 11.1 Å². The lowest BCUT2D eigenvalue weighted by Gasteiger charge is -2.06. The molecular weight excluding hydrogens is 280 g/mol. The fraction of sp³-hybridized carbons (Fsp3) is 0.333. The van der Waals surface area contributed by atoms with Gasteiger partial charge in [0.1, 0.15) is 0 Å². The van der Waals surface area contributed by atoms with E-state index >= 15 is 0 Å². The highest BCUT2D eigenvalue weighted by Crippen LogP contribution is 2.22. The minimum atomic E-state index is -3.12. The lowest BCUT2D eigenvalue weighted by atomic mass is 10.0. The fourth-order valence-electron chi connectivity index (χ4n) is 2.39. The van der Waals surface area contributed by atoms with Crippen molar-refractivity contribution in [2.75, 3.05) is 5.75 Å². The van der Waals surface area contributed by atoms with Crippen molar-refractivity contribution < 1.29 is 8.42 Å². The maximum Gasteiger partial charge on any atom is 0.178 e. The quantitative estimate of drug-likeness (QED) is 0.788. The summed E-state index contributed by atoms with van der Waals surface area (Å²) in [7, 11) is -3.12. The number of sulfone groups is 1. The molecule has 0 aliphatic carbocycles. The molecule has 3 heteroatoms. The number of hydrogen-bond donors (Lipinski definition) is 0. The summed E-state index contributed by atoms with van der Waals surface area (Å²) in [5.41, 5.74) is 3.51. The molecule has 0 atom stereocenters. The third-order valence-corrected chi connectivity index (χ3v) is 5.45. The predicted molar refractivity (Wildman–Crippen MR) is 88.2 cm³/mol. The molecule has 0 spiro atoms. The number of hydrogen-bond acceptors (Lipinski definition) is 2. The summed E-state index contributed by atoms with van der Waals surface area (Å²) >= 11 is 0. The van der Waals surface area contributed by atoms with E-state index in [1.807, 2.05) is 19.1 Å². The van der Waals surface area contributed by atoms with E-state index in [0.717, 1.165) is 24.0 Å². The third-order valence-electron chi connectivity index (χ3n) is 3.51. The van der Waals surface area contributed by atoms with Gasteiger partial charge in [0, 0.05) is 0 Å². The van der Waals surface area contributed by atoms with Crippen molar-refractivity contribution in [3.63, 3.8) is 0 Å². The number of aryl methyl sites for hydroxylation is 1. The minimum Gasteiger partial charge on any atom is -0.224 e. The van der Waals surface area contributed by atoms with E-state index in [1.54, 1.807) is 12.1 Å². The zero-order valence-corrected chi connectivity index (χ0v) is 13.5. The van der Waals surface area contributed by atoms with E-state index in [4.69, 9.17) is 0 Å². The lowest BCUT2D eigenvalue weighted by molar-refractivity contribution is 0.595. The second-order valence-electron chi connectivity index (χ2n) is 5.29. The van der Waals surface area contributed by atoms with Crippen LogP contribution in [0.1, 0.15) is 32.3 Å². The van der Waals surface area contributed by atoms with Crippen LogP contribution in [0.25, 0.3) is 11.1 Å². The average Bonchev–Trinajstić information content (AvgIpc) is 2.48. The monoisotopic (exact) mass is 302 g/mol. The van der Waals surface area contributed by atoms with Gasteiger partial charge in [-0.3, -0.25) is 0 Å². The van der Waals surface area contributed by atoms with E-state index in [0.29, 0.717) is 11.3 Å². The Morgan fingerprint density at radius 2 is 1.29 bits per heavy atom. The molecule has 0 saturated carbocycles. The molecule has 0 aliphatic rings. The average molecular weight is 302 g/mol. The van der Waals surface area contributed by atoms with Crippen LogP contribution in [-0.4, -0.2) is 14.2 Å². The summed E-state index contributed by atoms with van der Waals surface area (Å²) in [4.78, 5) is 0.413. The van der Waals surface area contributed by atoms with E-state index < -0.39 is 9.84 Å². The van der Waals surface area contributed by atoms with Crippen molar-refractivity contribution in [3.05, 3.63) is 54.1 Å². The van der Waals surface area contributed by atoms with Crippen LogP contribution in [0.2, 0.25) is 0 Å². The Kier molecular flexibility index (Phi) is 5.18. The normalized spacial score (nSPS) is 11.5. The highest BCUT2D eigenvalue weighted by atomic mass is 32.2. The molecule has 2 aromatic rings. The van der Waals surface area contributed by atoms with Crippen molar-refractivity contribution in [2.45, 2.75) is 38.0 Å². The summed E-state index contributed by atoms with van der Waals surface area (Å²) in [6.45, 7) is 4.05. The Morgan fingerprint density at radius 1 is 0.762 bits per heavy atom. The summed E-state index contributed by atoms with van der Waals surface area (Å²) in [6, 6.07) is 15.7.